The van der Waals surface area contributed by atoms with Crippen LogP contribution < -0.4 is 5.32 Å². The Morgan fingerprint density at radius 1 is 1.04 bits per heavy atom. The van der Waals surface area contributed by atoms with Crippen LogP contribution in [0.3, 0.4) is 0 Å². The van der Waals surface area contributed by atoms with E-state index >= 15 is 0 Å². The van der Waals surface area contributed by atoms with E-state index in [9.17, 15) is 9.59 Å². The third kappa shape index (κ3) is 3.40. The zero-order valence-corrected chi connectivity index (χ0v) is 12.9. The van der Waals surface area contributed by atoms with E-state index in [1.807, 2.05) is 18.2 Å². The van der Waals surface area contributed by atoms with Crippen LogP contribution in [0.5, 0.6) is 0 Å². The van der Waals surface area contributed by atoms with Gasteiger partial charge < -0.3 is 10.4 Å². The molecule has 0 aromatic heterocycles. The van der Waals surface area contributed by atoms with Crippen molar-refractivity contribution in [3.05, 3.63) is 70.3 Å². The lowest BCUT2D eigenvalue weighted by molar-refractivity contribution is 0.0696. The third-order valence-electron chi connectivity index (χ3n) is 4.00. The van der Waals surface area contributed by atoms with Crippen molar-refractivity contribution < 1.29 is 14.7 Å². The summed E-state index contributed by atoms with van der Waals surface area (Å²) in [6.07, 6.45) is 0. The van der Waals surface area contributed by atoms with Crippen molar-refractivity contribution in [1.82, 2.24) is 10.2 Å². The van der Waals surface area contributed by atoms with Gasteiger partial charge in [0.2, 0.25) is 0 Å². The van der Waals surface area contributed by atoms with Crippen molar-refractivity contribution in [3.63, 3.8) is 0 Å². The predicted octanol–water partition coefficient (Wildman–Crippen LogP) is 2.26. The zero-order chi connectivity index (χ0) is 16.4. The Hall–Kier alpha value is -2.66. The largest absolute Gasteiger partial charge is 0.478 e. The molecule has 1 heterocycles. The summed E-state index contributed by atoms with van der Waals surface area (Å²) in [5.41, 5.74) is 4.23. The van der Waals surface area contributed by atoms with Gasteiger partial charge >= 0.3 is 5.97 Å². The Balaban J connectivity index is 1.63. The van der Waals surface area contributed by atoms with Crippen molar-refractivity contribution in [2.75, 3.05) is 7.05 Å². The molecule has 0 atom stereocenters. The first-order valence-electron chi connectivity index (χ1n) is 7.44. The summed E-state index contributed by atoms with van der Waals surface area (Å²) in [4.78, 5) is 25.3. The second-order valence-corrected chi connectivity index (χ2v) is 5.84. The highest BCUT2D eigenvalue weighted by Gasteiger charge is 2.17. The van der Waals surface area contributed by atoms with Crippen LogP contribution in [0.1, 0.15) is 37.4 Å². The van der Waals surface area contributed by atoms with Gasteiger partial charge in [-0.25, -0.2) is 4.79 Å². The number of benzene rings is 2. The number of carboxylic acid groups (broad SMARTS) is 1. The molecule has 0 saturated heterocycles. The SMILES string of the molecule is CN1Cc2ccc(C(=O)NCc3ccc(C(=O)O)cc3)cc2C1. The maximum Gasteiger partial charge on any atom is 0.335 e. The van der Waals surface area contributed by atoms with Gasteiger partial charge in [0.1, 0.15) is 0 Å². The molecule has 0 radical (unpaired) electrons. The topological polar surface area (TPSA) is 69.6 Å². The molecule has 0 saturated carbocycles. The number of amides is 1. The molecule has 0 fully saturated rings. The van der Waals surface area contributed by atoms with Crippen LogP contribution in [0.25, 0.3) is 0 Å². The molecule has 0 aliphatic carbocycles. The van der Waals surface area contributed by atoms with E-state index in [-0.39, 0.29) is 11.5 Å². The first kappa shape index (κ1) is 15.2. The van der Waals surface area contributed by atoms with Gasteiger partial charge in [0.05, 0.1) is 5.56 Å². The van der Waals surface area contributed by atoms with Gasteiger partial charge in [-0.15, -0.1) is 0 Å². The number of aromatic carboxylic acids is 1. The number of carbonyl (C=O) groups excluding carboxylic acids is 1. The van der Waals surface area contributed by atoms with Gasteiger partial charge in [-0.3, -0.25) is 9.69 Å². The average molecular weight is 310 g/mol. The van der Waals surface area contributed by atoms with Crippen LogP contribution in [0, 0.1) is 0 Å². The number of rotatable bonds is 4. The summed E-state index contributed by atoms with van der Waals surface area (Å²) >= 11 is 0. The third-order valence-corrected chi connectivity index (χ3v) is 4.00. The maximum atomic E-state index is 12.3. The van der Waals surface area contributed by atoms with E-state index < -0.39 is 5.97 Å². The number of nitrogens with one attached hydrogen (secondary N) is 1. The molecule has 2 aromatic rings. The second-order valence-electron chi connectivity index (χ2n) is 5.84. The molecule has 0 bridgehead atoms. The lowest BCUT2D eigenvalue weighted by Gasteiger charge is -2.07. The van der Waals surface area contributed by atoms with E-state index in [4.69, 9.17) is 5.11 Å². The van der Waals surface area contributed by atoms with E-state index in [0.717, 1.165) is 18.7 Å². The van der Waals surface area contributed by atoms with Crippen molar-refractivity contribution in [2.24, 2.45) is 0 Å². The van der Waals surface area contributed by atoms with Crippen molar-refractivity contribution in [2.45, 2.75) is 19.6 Å². The van der Waals surface area contributed by atoms with Gasteiger partial charge in [-0.1, -0.05) is 18.2 Å². The molecular formula is C18H18N2O3. The lowest BCUT2D eigenvalue weighted by atomic mass is 10.1. The van der Waals surface area contributed by atoms with Crippen LogP contribution in [0.2, 0.25) is 0 Å². The highest BCUT2D eigenvalue weighted by atomic mass is 16.4. The van der Waals surface area contributed by atoms with Gasteiger partial charge in [0.15, 0.2) is 0 Å². The summed E-state index contributed by atoms with van der Waals surface area (Å²) < 4.78 is 0. The average Bonchev–Trinajstić information content (AvgIpc) is 2.92. The number of hydrogen-bond donors (Lipinski definition) is 2. The molecule has 0 spiro atoms. The summed E-state index contributed by atoms with van der Waals surface area (Å²) in [6, 6.07) is 12.3. The number of fused-ring (bicyclic) bond motifs is 1. The minimum atomic E-state index is -0.955. The Bertz CT molecular complexity index is 753. The molecule has 3 rings (SSSR count). The molecule has 118 valence electrons. The smallest absolute Gasteiger partial charge is 0.335 e. The molecule has 0 unspecified atom stereocenters. The summed E-state index contributed by atoms with van der Waals surface area (Å²) in [7, 11) is 2.06. The van der Waals surface area contributed by atoms with Crippen LogP contribution >= 0.6 is 0 Å². The summed E-state index contributed by atoms with van der Waals surface area (Å²) in [5, 5.41) is 11.7. The minimum Gasteiger partial charge on any atom is -0.478 e. The molecule has 2 aromatic carbocycles. The Labute approximate surface area is 134 Å². The van der Waals surface area contributed by atoms with Crippen LogP contribution in [0.4, 0.5) is 0 Å². The second kappa shape index (κ2) is 6.22. The van der Waals surface area contributed by atoms with Crippen molar-refractivity contribution >= 4 is 11.9 Å². The first-order valence-corrected chi connectivity index (χ1v) is 7.44. The molecule has 23 heavy (non-hydrogen) atoms. The zero-order valence-electron chi connectivity index (χ0n) is 12.9. The van der Waals surface area contributed by atoms with Gasteiger partial charge in [0, 0.05) is 25.2 Å². The highest BCUT2D eigenvalue weighted by Crippen LogP contribution is 2.22. The fraction of sp³-hybridized carbons (Fsp3) is 0.222. The van der Waals surface area contributed by atoms with Gasteiger partial charge in [0.25, 0.3) is 5.91 Å². The lowest BCUT2D eigenvalue weighted by Crippen LogP contribution is -2.23. The van der Waals surface area contributed by atoms with Crippen molar-refractivity contribution in [1.29, 1.82) is 0 Å². The maximum absolute atomic E-state index is 12.3. The Kier molecular flexibility index (Phi) is 4.12. The summed E-state index contributed by atoms with van der Waals surface area (Å²) in [6.45, 7) is 2.16. The fourth-order valence-electron chi connectivity index (χ4n) is 2.76. The number of carboxylic acids is 1. The summed E-state index contributed by atoms with van der Waals surface area (Å²) in [5.74, 6) is -1.08. The highest BCUT2D eigenvalue weighted by molar-refractivity contribution is 5.94. The normalized spacial score (nSPS) is 13.6. The number of carbonyl (C=O) groups is 2. The van der Waals surface area contributed by atoms with Crippen LogP contribution in [0.15, 0.2) is 42.5 Å². The molecule has 1 amide bonds. The van der Waals surface area contributed by atoms with E-state index in [2.05, 4.69) is 17.3 Å². The monoisotopic (exact) mass is 310 g/mol. The fourth-order valence-corrected chi connectivity index (χ4v) is 2.76. The first-order chi connectivity index (χ1) is 11.0. The number of hydrogen-bond acceptors (Lipinski definition) is 3. The van der Waals surface area contributed by atoms with E-state index in [1.54, 1.807) is 12.1 Å². The van der Waals surface area contributed by atoms with E-state index in [1.165, 1.54) is 23.3 Å². The van der Waals surface area contributed by atoms with Crippen LogP contribution in [-0.4, -0.2) is 28.9 Å². The molecule has 5 nitrogen and oxygen atoms in total. The number of nitrogens with zero attached hydrogens (tertiary/aromatic N) is 1. The predicted molar refractivity (Wildman–Crippen MR) is 86.2 cm³/mol. The molecule has 1 aliphatic rings. The van der Waals surface area contributed by atoms with Gasteiger partial charge in [-0.05, 0) is 48.0 Å². The quantitative estimate of drug-likeness (QED) is 0.909. The molecule has 2 N–H and O–H groups in total. The van der Waals surface area contributed by atoms with Crippen LogP contribution in [-0.2, 0) is 19.6 Å². The van der Waals surface area contributed by atoms with Gasteiger partial charge in [-0.2, -0.15) is 0 Å². The van der Waals surface area contributed by atoms with Crippen molar-refractivity contribution in [3.8, 4) is 0 Å². The minimum absolute atomic E-state index is 0.121. The standard InChI is InChI=1S/C18H18N2O3/c1-20-10-15-7-6-14(8-16(15)11-20)17(21)19-9-12-2-4-13(5-3-12)18(22)23/h2-8H,9-11H2,1H3,(H,19,21)(H,22,23). The molecule has 5 heteroatoms. The Morgan fingerprint density at radius 2 is 1.70 bits per heavy atom. The Morgan fingerprint density at radius 3 is 2.39 bits per heavy atom. The van der Waals surface area contributed by atoms with E-state index in [0.29, 0.717) is 12.1 Å². The molecular weight excluding hydrogens is 292 g/mol. The molecule has 1 aliphatic heterocycles.